The van der Waals surface area contributed by atoms with Gasteiger partial charge >= 0.3 is 0 Å². The molecule has 1 saturated heterocycles. The molecule has 1 fully saturated rings. The fraction of sp³-hybridized carbons (Fsp3) is 0.429. The molecular weight excluding hydrogens is 373 g/mol. The number of anilines is 1. The van der Waals surface area contributed by atoms with Crippen molar-refractivity contribution in [1.82, 2.24) is 15.1 Å². The zero-order valence-electron chi connectivity index (χ0n) is 17.2. The Morgan fingerprint density at radius 2 is 1.93 bits per heavy atom. The second-order valence-electron chi connectivity index (χ2n) is 7.11. The standard InChI is InChI=1S/C21H28FN5O2/c1-4-23-21(24-15-16-7-8-18(25(2)3)17(22)14-16)27-11-9-26(10-12-27)20(28)19-6-5-13-29-19/h5-8,13-14H,4,9-12,15H2,1-3H3,(H,23,24). The van der Waals surface area contributed by atoms with Crippen LogP contribution in [0.3, 0.4) is 0 Å². The summed E-state index contributed by atoms with van der Waals surface area (Å²) >= 11 is 0. The van der Waals surface area contributed by atoms with Gasteiger partial charge in [-0.15, -0.1) is 0 Å². The van der Waals surface area contributed by atoms with E-state index < -0.39 is 0 Å². The quantitative estimate of drug-likeness (QED) is 0.616. The summed E-state index contributed by atoms with van der Waals surface area (Å²) in [7, 11) is 3.63. The predicted octanol–water partition coefficient (Wildman–Crippen LogP) is 2.41. The van der Waals surface area contributed by atoms with E-state index >= 15 is 0 Å². The van der Waals surface area contributed by atoms with Crippen LogP contribution in [0, 0.1) is 5.82 Å². The highest BCUT2D eigenvalue weighted by Crippen LogP contribution is 2.19. The minimum atomic E-state index is -0.252. The fourth-order valence-corrected chi connectivity index (χ4v) is 3.28. The summed E-state index contributed by atoms with van der Waals surface area (Å²) in [5.41, 5.74) is 1.37. The van der Waals surface area contributed by atoms with Crippen molar-refractivity contribution in [1.29, 1.82) is 0 Å². The molecule has 1 N–H and O–H groups in total. The number of rotatable bonds is 5. The summed E-state index contributed by atoms with van der Waals surface area (Å²) in [5, 5.41) is 3.29. The Balaban J connectivity index is 1.62. The third kappa shape index (κ3) is 5.07. The van der Waals surface area contributed by atoms with Gasteiger partial charge in [-0.3, -0.25) is 4.79 Å². The van der Waals surface area contributed by atoms with E-state index in [4.69, 9.17) is 4.42 Å². The third-order valence-corrected chi connectivity index (χ3v) is 4.84. The van der Waals surface area contributed by atoms with E-state index in [2.05, 4.69) is 15.2 Å². The van der Waals surface area contributed by atoms with Gasteiger partial charge in [-0.05, 0) is 36.8 Å². The molecule has 1 aromatic carbocycles. The Labute approximate surface area is 170 Å². The lowest BCUT2D eigenvalue weighted by molar-refractivity contribution is 0.0657. The van der Waals surface area contributed by atoms with E-state index in [1.807, 2.05) is 27.1 Å². The third-order valence-electron chi connectivity index (χ3n) is 4.84. The molecule has 0 saturated carbocycles. The average molecular weight is 401 g/mol. The Morgan fingerprint density at radius 3 is 2.52 bits per heavy atom. The van der Waals surface area contributed by atoms with E-state index in [1.54, 1.807) is 28.0 Å². The van der Waals surface area contributed by atoms with Crippen LogP contribution >= 0.6 is 0 Å². The zero-order valence-corrected chi connectivity index (χ0v) is 17.2. The van der Waals surface area contributed by atoms with Crippen LogP contribution in [0.25, 0.3) is 0 Å². The zero-order chi connectivity index (χ0) is 20.8. The highest BCUT2D eigenvalue weighted by Gasteiger charge is 2.25. The van der Waals surface area contributed by atoms with Crippen LogP contribution in [-0.2, 0) is 6.54 Å². The molecule has 0 unspecified atom stereocenters. The number of carbonyl (C=O) groups is 1. The smallest absolute Gasteiger partial charge is 0.289 e. The molecule has 2 aromatic rings. The first-order valence-corrected chi connectivity index (χ1v) is 9.81. The topological polar surface area (TPSA) is 64.3 Å². The average Bonchev–Trinajstić information content (AvgIpc) is 3.25. The fourth-order valence-electron chi connectivity index (χ4n) is 3.28. The van der Waals surface area contributed by atoms with Gasteiger partial charge in [-0.25, -0.2) is 9.38 Å². The van der Waals surface area contributed by atoms with Gasteiger partial charge in [0.2, 0.25) is 0 Å². The number of benzene rings is 1. The molecule has 29 heavy (non-hydrogen) atoms. The minimum Gasteiger partial charge on any atom is -0.459 e. The first kappa shape index (κ1) is 20.7. The molecule has 1 aliphatic heterocycles. The van der Waals surface area contributed by atoms with Crippen molar-refractivity contribution in [3.8, 4) is 0 Å². The van der Waals surface area contributed by atoms with Gasteiger partial charge in [0, 0.05) is 46.8 Å². The first-order valence-electron chi connectivity index (χ1n) is 9.81. The number of aliphatic imine (C=N–C) groups is 1. The molecule has 0 bridgehead atoms. The van der Waals surface area contributed by atoms with Crippen LogP contribution in [0.5, 0.6) is 0 Å². The molecule has 3 rings (SSSR count). The number of furan rings is 1. The largest absolute Gasteiger partial charge is 0.459 e. The number of carbonyl (C=O) groups excluding carboxylic acids is 1. The number of nitrogens with zero attached hydrogens (tertiary/aromatic N) is 4. The molecule has 0 aliphatic carbocycles. The van der Waals surface area contributed by atoms with E-state index in [0.717, 1.165) is 18.1 Å². The normalized spacial score (nSPS) is 14.8. The molecular formula is C21H28FN5O2. The molecule has 0 atom stereocenters. The van der Waals surface area contributed by atoms with Crippen LogP contribution < -0.4 is 10.2 Å². The predicted molar refractivity (Wildman–Crippen MR) is 112 cm³/mol. The van der Waals surface area contributed by atoms with E-state index in [1.165, 1.54) is 12.3 Å². The van der Waals surface area contributed by atoms with Gasteiger partial charge in [0.25, 0.3) is 5.91 Å². The Kier molecular flexibility index (Phi) is 6.74. The van der Waals surface area contributed by atoms with Gasteiger partial charge in [0.05, 0.1) is 18.5 Å². The monoisotopic (exact) mass is 401 g/mol. The Bertz CT molecular complexity index is 843. The summed E-state index contributed by atoms with van der Waals surface area (Å²) in [6.45, 7) is 5.67. The van der Waals surface area contributed by atoms with Crippen LogP contribution in [0.1, 0.15) is 23.0 Å². The molecule has 0 spiro atoms. The van der Waals surface area contributed by atoms with Crippen LogP contribution in [0.15, 0.2) is 46.0 Å². The van der Waals surface area contributed by atoms with Crippen LogP contribution in [0.4, 0.5) is 10.1 Å². The second-order valence-corrected chi connectivity index (χ2v) is 7.11. The SMILES string of the molecule is CCNC(=NCc1ccc(N(C)C)c(F)c1)N1CCN(C(=O)c2ccco2)CC1. The second kappa shape index (κ2) is 9.45. The maximum absolute atomic E-state index is 14.2. The number of nitrogens with one attached hydrogen (secondary N) is 1. The lowest BCUT2D eigenvalue weighted by Gasteiger charge is -2.36. The summed E-state index contributed by atoms with van der Waals surface area (Å²) in [5.74, 6) is 0.794. The number of guanidine groups is 1. The summed E-state index contributed by atoms with van der Waals surface area (Å²) in [6.07, 6.45) is 1.51. The Hall–Kier alpha value is -3.03. The van der Waals surface area contributed by atoms with Crippen molar-refractivity contribution < 1.29 is 13.6 Å². The number of hydrogen-bond acceptors (Lipinski definition) is 4. The van der Waals surface area contributed by atoms with Crippen LogP contribution in [0.2, 0.25) is 0 Å². The van der Waals surface area contributed by atoms with Gasteiger partial charge in [-0.2, -0.15) is 0 Å². The molecule has 0 radical (unpaired) electrons. The molecule has 1 aliphatic rings. The van der Waals surface area contributed by atoms with Gasteiger partial charge < -0.3 is 24.4 Å². The number of amides is 1. The minimum absolute atomic E-state index is 0.0898. The molecule has 2 heterocycles. The van der Waals surface area contributed by atoms with E-state index in [-0.39, 0.29) is 11.7 Å². The maximum atomic E-state index is 14.2. The van der Waals surface area contributed by atoms with Crippen molar-refractivity contribution in [2.45, 2.75) is 13.5 Å². The number of hydrogen-bond donors (Lipinski definition) is 1. The lowest BCUT2D eigenvalue weighted by atomic mass is 10.2. The van der Waals surface area contributed by atoms with E-state index in [0.29, 0.717) is 44.2 Å². The van der Waals surface area contributed by atoms with Gasteiger partial charge in [0.15, 0.2) is 11.7 Å². The van der Waals surface area contributed by atoms with Crippen molar-refractivity contribution in [2.75, 3.05) is 51.7 Å². The van der Waals surface area contributed by atoms with Crippen molar-refractivity contribution in [3.05, 3.63) is 53.7 Å². The molecule has 7 nitrogen and oxygen atoms in total. The molecule has 1 amide bonds. The van der Waals surface area contributed by atoms with Crippen molar-refractivity contribution in [3.63, 3.8) is 0 Å². The maximum Gasteiger partial charge on any atom is 0.289 e. The highest BCUT2D eigenvalue weighted by atomic mass is 19.1. The highest BCUT2D eigenvalue weighted by molar-refractivity contribution is 5.91. The molecule has 156 valence electrons. The first-order chi connectivity index (χ1) is 14.0. The van der Waals surface area contributed by atoms with Crippen LogP contribution in [-0.4, -0.2) is 68.5 Å². The Morgan fingerprint density at radius 1 is 1.21 bits per heavy atom. The summed E-state index contributed by atoms with van der Waals surface area (Å²) < 4.78 is 19.4. The van der Waals surface area contributed by atoms with E-state index in [9.17, 15) is 9.18 Å². The van der Waals surface area contributed by atoms with Crippen molar-refractivity contribution >= 4 is 17.6 Å². The number of halogens is 1. The molecule has 8 heteroatoms. The summed E-state index contributed by atoms with van der Waals surface area (Å²) in [6, 6.07) is 8.59. The van der Waals surface area contributed by atoms with Crippen molar-refractivity contribution in [2.24, 2.45) is 4.99 Å². The summed E-state index contributed by atoms with van der Waals surface area (Å²) in [4.78, 5) is 22.7. The molecule has 1 aromatic heterocycles. The lowest BCUT2D eigenvalue weighted by Crippen LogP contribution is -2.53. The number of piperazine rings is 1. The van der Waals surface area contributed by atoms with Gasteiger partial charge in [0.1, 0.15) is 5.82 Å². The van der Waals surface area contributed by atoms with Gasteiger partial charge in [-0.1, -0.05) is 6.07 Å².